The van der Waals surface area contributed by atoms with Crippen molar-refractivity contribution >= 4 is 21.6 Å². The summed E-state index contributed by atoms with van der Waals surface area (Å²) in [6.07, 6.45) is 0. The Balaban J connectivity index is 2.21. The SMILES string of the molecule is CCOc1ccccc1C(C)Nc1ccc(C)cc1Br. The average molecular weight is 334 g/mol. The zero-order chi connectivity index (χ0) is 14.5. The topological polar surface area (TPSA) is 21.3 Å². The smallest absolute Gasteiger partial charge is 0.124 e. The number of anilines is 1. The lowest BCUT2D eigenvalue weighted by molar-refractivity contribution is 0.335. The van der Waals surface area contributed by atoms with Gasteiger partial charge in [0.05, 0.1) is 12.6 Å². The minimum absolute atomic E-state index is 0.178. The fraction of sp³-hybridized carbons (Fsp3) is 0.294. The summed E-state index contributed by atoms with van der Waals surface area (Å²) >= 11 is 3.60. The van der Waals surface area contributed by atoms with E-state index >= 15 is 0 Å². The van der Waals surface area contributed by atoms with Crippen molar-refractivity contribution in [3.05, 3.63) is 58.1 Å². The number of benzene rings is 2. The van der Waals surface area contributed by atoms with Crippen LogP contribution in [0.15, 0.2) is 46.9 Å². The van der Waals surface area contributed by atoms with E-state index in [1.807, 2.05) is 25.1 Å². The molecule has 0 aliphatic rings. The van der Waals surface area contributed by atoms with Crippen LogP contribution in [-0.4, -0.2) is 6.61 Å². The minimum Gasteiger partial charge on any atom is -0.494 e. The molecule has 0 radical (unpaired) electrons. The van der Waals surface area contributed by atoms with Gasteiger partial charge < -0.3 is 10.1 Å². The highest BCUT2D eigenvalue weighted by Crippen LogP contribution is 2.31. The number of aryl methyl sites for hydroxylation is 1. The molecule has 0 aliphatic heterocycles. The van der Waals surface area contributed by atoms with Crippen molar-refractivity contribution in [3.63, 3.8) is 0 Å². The third kappa shape index (κ3) is 3.54. The van der Waals surface area contributed by atoms with Gasteiger partial charge in [-0.05, 0) is 60.5 Å². The molecule has 0 heterocycles. The van der Waals surface area contributed by atoms with E-state index in [4.69, 9.17) is 4.74 Å². The van der Waals surface area contributed by atoms with Crippen molar-refractivity contribution in [3.8, 4) is 5.75 Å². The van der Waals surface area contributed by atoms with Crippen molar-refractivity contribution in [2.24, 2.45) is 0 Å². The molecule has 2 nitrogen and oxygen atoms in total. The van der Waals surface area contributed by atoms with Crippen LogP contribution in [0.5, 0.6) is 5.75 Å². The van der Waals surface area contributed by atoms with Gasteiger partial charge in [0, 0.05) is 15.7 Å². The van der Waals surface area contributed by atoms with Crippen LogP contribution in [-0.2, 0) is 0 Å². The molecule has 0 aliphatic carbocycles. The van der Waals surface area contributed by atoms with Crippen LogP contribution < -0.4 is 10.1 Å². The third-order valence-corrected chi connectivity index (χ3v) is 3.84. The molecule has 2 aromatic carbocycles. The lowest BCUT2D eigenvalue weighted by Crippen LogP contribution is -2.09. The summed E-state index contributed by atoms with van der Waals surface area (Å²) in [6.45, 7) is 6.91. The predicted octanol–water partition coefficient (Wildman–Crippen LogP) is 5.33. The van der Waals surface area contributed by atoms with Crippen molar-refractivity contribution in [1.29, 1.82) is 0 Å². The Morgan fingerprint density at radius 1 is 1.20 bits per heavy atom. The fourth-order valence-corrected chi connectivity index (χ4v) is 2.78. The molecule has 0 amide bonds. The number of hydrogen-bond acceptors (Lipinski definition) is 2. The summed E-state index contributed by atoms with van der Waals surface area (Å²) in [4.78, 5) is 0. The van der Waals surface area contributed by atoms with Gasteiger partial charge in [0.2, 0.25) is 0 Å². The maximum Gasteiger partial charge on any atom is 0.124 e. The molecule has 0 saturated carbocycles. The Morgan fingerprint density at radius 3 is 2.65 bits per heavy atom. The van der Waals surface area contributed by atoms with Crippen LogP contribution in [0.1, 0.15) is 31.0 Å². The van der Waals surface area contributed by atoms with E-state index in [1.165, 1.54) is 11.1 Å². The Bertz CT molecular complexity index is 583. The van der Waals surface area contributed by atoms with Crippen molar-refractivity contribution in [1.82, 2.24) is 0 Å². The summed E-state index contributed by atoms with van der Waals surface area (Å²) in [5, 5.41) is 3.53. The first-order valence-corrected chi connectivity index (χ1v) is 7.65. The first-order chi connectivity index (χ1) is 9.61. The number of para-hydroxylation sites is 1. The van der Waals surface area contributed by atoms with Crippen LogP contribution in [0.2, 0.25) is 0 Å². The number of nitrogens with one attached hydrogen (secondary N) is 1. The molecule has 1 unspecified atom stereocenters. The van der Waals surface area contributed by atoms with E-state index in [1.54, 1.807) is 0 Å². The summed E-state index contributed by atoms with van der Waals surface area (Å²) in [5.74, 6) is 0.943. The molecule has 0 aromatic heterocycles. The third-order valence-electron chi connectivity index (χ3n) is 3.18. The maximum absolute atomic E-state index is 5.69. The Morgan fingerprint density at radius 2 is 1.95 bits per heavy atom. The molecule has 2 aromatic rings. The second-order valence-corrected chi connectivity index (χ2v) is 5.67. The molecule has 3 heteroatoms. The van der Waals surface area contributed by atoms with Crippen LogP contribution in [0.25, 0.3) is 0 Å². The zero-order valence-electron chi connectivity index (χ0n) is 12.1. The first kappa shape index (κ1) is 14.9. The number of halogens is 1. The number of rotatable bonds is 5. The molecule has 20 heavy (non-hydrogen) atoms. The molecule has 0 saturated heterocycles. The lowest BCUT2D eigenvalue weighted by atomic mass is 10.1. The summed E-state index contributed by atoms with van der Waals surface area (Å²) < 4.78 is 6.78. The fourth-order valence-electron chi connectivity index (χ4n) is 2.17. The van der Waals surface area contributed by atoms with Crippen molar-refractivity contribution in [2.45, 2.75) is 26.8 Å². The number of hydrogen-bond donors (Lipinski definition) is 1. The standard InChI is InChI=1S/C17H20BrNO/c1-4-20-17-8-6-5-7-14(17)13(3)19-16-10-9-12(2)11-15(16)18/h5-11,13,19H,4H2,1-3H3. The van der Waals surface area contributed by atoms with Crippen molar-refractivity contribution in [2.75, 3.05) is 11.9 Å². The maximum atomic E-state index is 5.69. The predicted molar refractivity (Wildman–Crippen MR) is 88.5 cm³/mol. The first-order valence-electron chi connectivity index (χ1n) is 6.86. The van der Waals surface area contributed by atoms with Gasteiger partial charge >= 0.3 is 0 Å². The molecular formula is C17H20BrNO. The quantitative estimate of drug-likeness (QED) is 0.798. The molecule has 0 spiro atoms. The van der Waals surface area contributed by atoms with E-state index in [2.05, 4.69) is 59.4 Å². The highest BCUT2D eigenvalue weighted by molar-refractivity contribution is 9.10. The van der Waals surface area contributed by atoms with Crippen molar-refractivity contribution < 1.29 is 4.74 Å². The molecule has 1 N–H and O–H groups in total. The normalized spacial score (nSPS) is 12.0. The molecular weight excluding hydrogens is 314 g/mol. The zero-order valence-corrected chi connectivity index (χ0v) is 13.7. The van der Waals surface area contributed by atoms with Gasteiger partial charge in [-0.1, -0.05) is 24.3 Å². The molecule has 106 valence electrons. The second kappa shape index (κ2) is 6.80. The van der Waals surface area contributed by atoms with Gasteiger partial charge in [-0.3, -0.25) is 0 Å². The highest BCUT2D eigenvalue weighted by Gasteiger charge is 2.12. The van der Waals surface area contributed by atoms with Crippen LogP contribution >= 0.6 is 15.9 Å². The van der Waals surface area contributed by atoms with Gasteiger partial charge in [0.25, 0.3) is 0 Å². The van der Waals surface area contributed by atoms with Crippen LogP contribution in [0, 0.1) is 6.92 Å². The minimum atomic E-state index is 0.178. The van der Waals surface area contributed by atoms with E-state index in [-0.39, 0.29) is 6.04 Å². The summed E-state index contributed by atoms with van der Waals surface area (Å²) in [5.41, 5.74) is 3.50. The van der Waals surface area contributed by atoms with Gasteiger partial charge in [-0.15, -0.1) is 0 Å². The largest absolute Gasteiger partial charge is 0.494 e. The van der Waals surface area contributed by atoms with E-state index in [0.29, 0.717) is 6.61 Å². The monoisotopic (exact) mass is 333 g/mol. The Kier molecular flexibility index (Phi) is 5.07. The van der Waals surface area contributed by atoms with Crippen LogP contribution in [0.4, 0.5) is 5.69 Å². The van der Waals surface area contributed by atoms with Crippen LogP contribution in [0.3, 0.4) is 0 Å². The molecule has 0 bridgehead atoms. The lowest BCUT2D eigenvalue weighted by Gasteiger charge is -2.20. The van der Waals surface area contributed by atoms with E-state index in [0.717, 1.165) is 15.9 Å². The Hall–Kier alpha value is -1.48. The van der Waals surface area contributed by atoms with Gasteiger partial charge in [-0.2, -0.15) is 0 Å². The molecule has 1 atom stereocenters. The number of ether oxygens (including phenoxy) is 1. The summed E-state index contributed by atoms with van der Waals surface area (Å²) in [6, 6.07) is 14.7. The Labute approximate surface area is 129 Å². The van der Waals surface area contributed by atoms with E-state index in [9.17, 15) is 0 Å². The highest BCUT2D eigenvalue weighted by atomic mass is 79.9. The van der Waals surface area contributed by atoms with Gasteiger partial charge in [0.1, 0.15) is 5.75 Å². The molecule has 0 fully saturated rings. The average Bonchev–Trinajstić information content (AvgIpc) is 2.43. The van der Waals surface area contributed by atoms with Gasteiger partial charge in [-0.25, -0.2) is 0 Å². The summed E-state index contributed by atoms with van der Waals surface area (Å²) in [7, 11) is 0. The molecule has 2 rings (SSSR count). The van der Waals surface area contributed by atoms with Gasteiger partial charge in [0.15, 0.2) is 0 Å². The van der Waals surface area contributed by atoms with E-state index < -0.39 is 0 Å². The second-order valence-electron chi connectivity index (χ2n) is 4.82.